The van der Waals surface area contributed by atoms with Crippen LogP contribution in [0.15, 0.2) is 54.6 Å². The van der Waals surface area contributed by atoms with Crippen molar-refractivity contribution in [1.29, 1.82) is 0 Å². The monoisotopic (exact) mass is 389 g/mol. The number of fused-ring (bicyclic) bond motifs is 1. The smallest absolute Gasteiger partial charge is 0.271 e. The lowest BCUT2D eigenvalue weighted by molar-refractivity contribution is 0.0748. The van der Waals surface area contributed by atoms with E-state index in [0.717, 1.165) is 49.4 Å². The third-order valence-corrected chi connectivity index (χ3v) is 5.71. The van der Waals surface area contributed by atoms with Gasteiger partial charge in [0.1, 0.15) is 5.69 Å². The molecular formula is C23H23N3O3. The maximum atomic E-state index is 13.2. The van der Waals surface area contributed by atoms with Crippen LogP contribution in [0.3, 0.4) is 0 Å². The maximum absolute atomic E-state index is 13.2. The molecule has 6 nitrogen and oxygen atoms in total. The largest absolute Gasteiger partial charge is 0.454 e. The summed E-state index contributed by atoms with van der Waals surface area (Å²) >= 11 is 0. The lowest BCUT2D eigenvalue weighted by Crippen LogP contribution is -2.34. The van der Waals surface area contributed by atoms with E-state index in [1.807, 2.05) is 35.2 Å². The number of aromatic nitrogens is 2. The number of H-pyrrole nitrogens is 1. The molecule has 3 heterocycles. The molecule has 0 spiro atoms. The first kappa shape index (κ1) is 17.8. The van der Waals surface area contributed by atoms with Crippen molar-refractivity contribution in [2.24, 2.45) is 0 Å². The molecule has 1 unspecified atom stereocenters. The number of hydrogen-bond donors (Lipinski definition) is 1. The van der Waals surface area contributed by atoms with Crippen LogP contribution in [0.2, 0.25) is 0 Å². The number of amides is 1. The Labute approximate surface area is 169 Å². The van der Waals surface area contributed by atoms with Crippen molar-refractivity contribution >= 4 is 5.91 Å². The van der Waals surface area contributed by atoms with Gasteiger partial charge in [-0.1, -0.05) is 36.8 Å². The molecule has 1 N–H and O–H groups in total. The first-order chi connectivity index (χ1) is 14.3. The van der Waals surface area contributed by atoms with Gasteiger partial charge in [-0.3, -0.25) is 9.89 Å². The van der Waals surface area contributed by atoms with Crippen LogP contribution in [-0.2, 0) is 0 Å². The average molecular weight is 389 g/mol. The van der Waals surface area contributed by atoms with E-state index in [1.54, 1.807) is 0 Å². The second-order valence-corrected chi connectivity index (χ2v) is 7.59. The van der Waals surface area contributed by atoms with Crippen LogP contribution in [0.5, 0.6) is 11.5 Å². The third kappa shape index (κ3) is 3.58. The number of carbonyl (C=O) groups is 1. The summed E-state index contributed by atoms with van der Waals surface area (Å²) in [7, 11) is 0. The zero-order valence-electron chi connectivity index (χ0n) is 16.1. The molecule has 148 valence electrons. The van der Waals surface area contributed by atoms with Crippen LogP contribution < -0.4 is 9.47 Å². The van der Waals surface area contributed by atoms with Crippen molar-refractivity contribution in [3.63, 3.8) is 0 Å². The average Bonchev–Trinajstić information content (AvgIpc) is 3.37. The molecule has 6 heteroatoms. The van der Waals surface area contributed by atoms with Gasteiger partial charge in [-0.2, -0.15) is 5.10 Å². The summed E-state index contributed by atoms with van der Waals surface area (Å²) in [6.45, 7) is 1.75. The van der Waals surface area contributed by atoms with E-state index in [-0.39, 0.29) is 12.7 Å². The molecule has 5 rings (SSSR count). The van der Waals surface area contributed by atoms with Crippen LogP contribution in [0, 0.1) is 0 Å². The molecule has 29 heavy (non-hydrogen) atoms. The van der Waals surface area contributed by atoms with Gasteiger partial charge in [-0.25, -0.2) is 0 Å². The van der Waals surface area contributed by atoms with E-state index in [0.29, 0.717) is 17.4 Å². The fourth-order valence-corrected chi connectivity index (χ4v) is 4.13. The zero-order valence-corrected chi connectivity index (χ0v) is 16.1. The van der Waals surface area contributed by atoms with Crippen molar-refractivity contribution in [3.05, 3.63) is 65.9 Å². The first-order valence-electron chi connectivity index (χ1n) is 10.1. The summed E-state index contributed by atoms with van der Waals surface area (Å²) in [5.41, 5.74) is 3.44. The quantitative estimate of drug-likeness (QED) is 0.728. The Bertz CT molecular complexity index is 1020. The molecule has 0 bridgehead atoms. The first-order valence-corrected chi connectivity index (χ1v) is 10.1. The summed E-state index contributed by atoms with van der Waals surface area (Å²) in [5.74, 6) is 1.82. The highest BCUT2D eigenvalue weighted by Gasteiger charge is 2.25. The second kappa shape index (κ2) is 7.62. The maximum Gasteiger partial charge on any atom is 0.271 e. The molecule has 1 fully saturated rings. The molecule has 2 aliphatic rings. The molecule has 1 aromatic heterocycles. The highest BCUT2D eigenvalue weighted by molar-refractivity contribution is 5.93. The van der Waals surface area contributed by atoms with Gasteiger partial charge in [0, 0.05) is 24.6 Å². The minimum absolute atomic E-state index is 0.00678. The van der Waals surface area contributed by atoms with Crippen LogP contribution in [0.1, 0.15) is 41.2 Å². The van der Waals surface area contributed by atoms with Gasteiger partial charge in [-0.05, 0) is 42.7 Å². The minimum atomic E-state index is 0.00678. The normalized spacial score (nSPS) is 18.5. The topological polar surface area (TPSA) is 67.5 Å². The number of rotatable bonds is 3. The number of nitrogens with one attached hydrogen (secondary N) is 1. The molecule has 2 aliphatic heterocycles. The Balaban J connectivity index is 1.35. The Morgan fingerprint density at radius 2 is 1.90 bits per heavy atom. The Kier molecular flexibility index (Phi) is 4.68. The van der Waals surface area contributed by atoms with E-state index >= 15 is 0 Å². The predicted octanol–water partition coefficient (Wildman–Crippen LogP) is 4.22. The van der Waals surface area contributed by atoms with Gasteiger partial charge < -0.3 is 14.4 Å². The second-order valence-electron chi connectivity index (χ2n) is 7.59. The summed E-state index contributed by atoms with van der Waals surface area (Å²) < 4.78 is 10.8. The summed E-state index contributed by atoms with van der Waals surface area (Å²) in [6.07, 6.45) is 3.27. The number of aromatic amines is 1. The van der Waals surface area contributed by atoms with Gasteiger partial charge in [0.25, 0.3) is 5.91 Å². The predicted molar refractivity (Wildman–Crippen MR) is 109 cm³/mol. The fraction of sp³-hybridized carbons (Fsp3) is 0.304. The van der Waals surface area contributed by atoms with Crippen molar-refractivity contribution in [1.82, 2.24) is 15.1 Å². The van der Waals surface area contributed by atoms with E-state index in [2.05, 4.69) is 34.5 Å². The van der Waals surface area contributed by atoms with Crippen LogP contribution in [0.4, 0.5) is 0 Å². The molecule has 0 radical (unpaired) electrons. The Morgan fingerprint density at radius 1 is 1.03 bits per heavy atom. The Morgan fingerprint density at radius 3 is 2.79 bits per heavy atom. The molecular weight excluding hydrogens is 366 g/mol. The summed E-state index contributed by atoms with van der Waals surface area (Å²) in [5, 5.41) is 7.29. The lowest BCUT2D eigenvalue weighted by atomic mass is 9.94. The number of likely N-dealkylation sites (tertiary alicyclic amines) is 1. The Hall–Kier alpha value is -3.28. The van der Waals surface area contributed by atoms with E-state index < -0.39 is 0 Å². The van der Waals surface area contributed by atoms with Crippen molar-refractivity contribution in [3.8, 4) is 22.8 Å². The highest BCUT2D eigenvalue weighted by atomic mass is 16.7. The molecule has 1 amide bonds. The molecule has 1 atom stereocenters. The van der Waals surface area contributed by atoms with E-state index in [9.17, 15) is 4.79 Å². The zero-order chi connectivity index (χ0) is 19.6. The van der Waals surface area contributed by atoms with Crippen LogP contribution >= 0.6 is 0 Å². The van der Waals surface area contributed by atoms with Gasteiger partial charge in [0.05, 0.1) is 5.69 Å². The van der Waals surface area contributed by atoms with Crippen molar-refractivity contribution < 1.29 is 14.3 Å². The number of benzene rings is 2. The minimum Gasteiger partial charge on any atom is -0.454 e. The highest BCUT2D eigenvalue weighted by Crippen LogP contribution is 2.35. The molecule has 0 aliphatic carbocycles. The van der Waals surface area contributed by atoms with Crippen LogP contribution in [0.25, 0.3) is 11.3 Å². The van der Waals surface area contributed by atoms with E-state index in [1.165, 1.54) is 5.56 Å². The van der Waals surface area contributed by atoms with Gasteiger partial charge in [0.15, 0.2) is 11.5 Å². The van der Waals surface area contributed by atoms with Crippen LogP contribution in [-0.4, -0.2) is 40.9 Å². The van der Waals surface area contributed by atoms with Gasteiger partial charge >= 0.3 is 0 Å². The van der Waals surface area contributed by atoms with E-state index in [4.69, 9.17) is 9.47 Å². The summed E-state index contributed by atoms with van der Waals surface area (Å²) in [6, 6.07) is 18.0. The fourth-order valence-electron chi connectivity index (χ4n) is 4.13. The van der Waals surface area contributed by atoms with Gasteiger partial charge in [0.2, 0.25) is 6.79 Å². The number of carbonyl (C=O) groups excluding carboxylic acids is 1. The van der Waals surface area contributed by atoms with Crippen molar-refractivity contribution in [2.75, 3.05) is 19.9 Å². The molecule has 1 saturated heterocycles. The number of hydrogen-bond acceptors (Lipinski definition) is 4. The third-order valence-electron chi connectivity index (χ3n) is 5.71. The SMILES string of the molecule is O=C(c1cc(-c2ccc3c(c2)OCO3)n[nH]1)N1CCCCC(c2ccccc2)C1. The van der Waals surface area contributed by atoms with Crippen molar-refractivity contribution in [2.45, 2.75) is 25.2 Å². The van der Waals surface area contributed by atoms with Gasteiger partial charge in [-0.15, -0.1) is 0 Å². The molecule has 3 aromatic rings. The lowest BCUT2D eigenvalue weighted by Gasteiger charge is -2.24. The molecule has 2 aromatic carbocycles. The summed E-state index contributed by atoms with van der Waals surface area (Å²) in [4.78, 5) is 15.1. The molecule has 0 saturated carbocycles. The number of ether oxygens (including phenoxy) is 2. The standard InChI is InChI=1S/C23H23N3O3/c27-23(26-11-5-4-8-18(14-26)16-6-2-1-3-7-16)20-13-19(24-25-20)17-9-10-21-22(12-17)29-15-28-21/h1-3,6-7,9-10,12-13,18H,4-5,8,11,14-15H2,(H,24,25). The number of nitrogens with zero attached hydrogens (tertiary/aromatic N) is 2.